The highest BCUT2D eigenvalue weighted by molar-refractivity contribution is 5.84. The van der Waals surface area contributed by atoms with E-state index in [2.05, 4.69) is 5.32 Å². The second-order valence-corrected chi connectivity index (χ2v) is 4.87. The maximum Gasteiger partial charge on any atom is 0.326 e. The van der Waals surface area contributed by atoms with Crippen LogP contribution in [0.25, 0.3) is 0 Å². The first-order valence-corrected chi connectivity index (χ1v) is 6.34. The molecule has 1 aliphatic rings. The number of carboxylic acids is 1. The lowest BCUT2D eigenvalue weighted by Gasteiger charge is -2.28. The first-order valence-electron chi connectivity index (χ1n) is 6.34. The van der Waals surface area contributed by atoms with Crippen molar-refractivity contribution in [1.29, 1.82) is 0 Å². The number of amides is 3. The molecule has 1 fully saturated rings. The lowest BCUT2D eigenvalue weighted by Crippen LogP contribution is -2.48. The van der Waals surface area contributed by atoms with Gasteiger partial charge < -0.3 is 20.2 Å². The maximum absolute atomic E-state index is 12.2. The van der Waals surface area contributed by atoms with E-state index in [0.29, 0.717) is 19.4 Å². The summed E-state index contributed by atoms with van der Waals surface area (Å²) in [6.45, 7) is 2.44. The largest absolute Gasteiger partial charge is 0.480 e. The predicted molar refractivity (Wildman–Crippen MR) is 68.6 cm³/mol. The summed E-state index contributed by atoms with van der Waals surface area (Å²) < 4.78 is 0. The molecule has 7 nitrogen and oxygen atoms in total. The van der Waals surface area contributed by atoms with E-state index in [1.807, 2.05) is 0 Å². The summed E-state index contributed by atoms with van der Waals surface area (Å²) in [7, 11) is 3.13. The third-order valence-corrected chi connectivity index (χ3v) is 3.35. The highest BCUT2D eigenvalue weighted by atomic mass is 16.4. The summed E-state index contributed by atoms with van der Waals surface area (Å²) in [5.74, 6) is -1.45. The molecule has 0 aromatic rings. The van der Waals surface area contributed by atoms with Crippen LogP contribution in [0.2, 0.25) is 0 Å². The number of urea groups is 1. The number of nitrogens with one attached hydrogen (secondary N) is 1. The molecular formula is C12H21N3O4. The summed E-state index contributed by atoms with van der Waals surface area (Å²) >= 11 is 0. The lowest BCUT2D eigenvalue weighted by atomic mass is 10.1. The van der Waals surface area contributed by atoms with E-state index in [1.165, 1.54) is 9.80 Å². The molecule has 1 saturated heterocycles. The van der Waals surface area contributed by atoms with E-state index >= 15 is 0 Å². The molecule has 108 valence electrons. The average molecular weight is 271 g/mol. The number of nitrogens with zero attached hydrogens (tertiary/aromatic N) is 2. The molecule has 0 radical (unpaired) electrons. The smallest absolute Gasteiger partial charge is 0.326 e. The Morgan fingerprint density at radius 3 is 2.63 bits per heavy atom. The lowest BCUT2D eigenvalue weighted by molar-refractivity contribution is -0.141. The highest BCUT2D eigenvalue weighted by Gasteiger charge is 2.35. The zero-order valence-electron chi connectivity index (χ0n) is 11.5. The zero-order chi connectivity index (χ0) is 14.6. The third-order valence-electron chi connectivity index (χ3n) is 3.35. The van der Waals surface area contributed by atoms with Crippen molar-refractivity contribution in [3.05, 3.63) is 0 Å². The van der Waals surface area contributed by atoms with Crippen LogP contribution in [0.5, 0.6) is 0 Å². The Kier molecular flexibility index (Phi) is 5.14. The van der Waals surface area contributed by atoms with Gasteiger partial charge in [-0.2, -0.15) is 0 Å². The molecule has 19 heavy (non-hydrogen) atoms. The topological polar surface area (TPSA) is 90.0 Å². The summed E-state index contributed by atoms with van der Waals surface area (Å²) in [4.78, 5) is 37.4. The number of likely N-dealkylation sites (tertiary alicyclic amines) is 1. The van der Waals surface area contributed by atoms with Crippen LogP contribution in [0.4, 0.5) is 4.79 Å². The molecule has 0 spiro atoms. The van der Waals surface area contributed by atoms with Crippen LogP contribution in [0.15, 0.2) is 0 Å². The van der Waals surface area contributed by atoms with E-state index in [-0.39, 0.29) is 24.4 Å². The monoisotopic (exact) mass is 271 g/mol. The summed E-state index contributed by atoms with van der Waals surface area (Å²) in [5, 5.41) is 11.6. The van der Waals surface area contributed by atoms with Gasteiger partial charge in [-0.3, -0.25) is 4.79 Å². The molecule has 1 rings (SSSR count). The Labute approximate surface area is 112 Å². The Hall–Kier alpha value is -1.79. The number of aliphatic carboxylic acids is 1. The molecule has 0 aromatic heterocycles. The van der Waals surface area contributed by atoms with Crippen molar-refractivity contribution < 1.29 is 19.5 Å². The first-order chi connectivity index (χ1) is 8.88. The van der Waals surface area contributed by atoms with Crippen LogP contribution in [-0.4, -0.2) is 66.0 Å². The van der Waals surface area contributed by atoms with Crippen molar-refractivity contribution in [1.82, 2.24) is 15.1 Å². The van der Waals surface area contributed by atoms with Crippen LogP contribution in [0.3, 0.4) is 0 Å². The zero-order valence-corrected chi connectivity index (χ0v) is 11.5. The van der Waals surface area contributed by atoms with Crippen molar-refractivity contribution >= 4 is 17.9 Å². The first kappa shape index (κ1) is 15.3. The molecule has 1 heterocycles. The molecule has 1 unspecified atom stereocenters. The van der Waals surface area contributed by atoms with E-state index in [0.717, 1.165) is 0 Å². The van der Waals surface area contributed by atoms with Crippen molar-refractivity contribution in [3.63, 3.8) is 0 Å². The molecule has 0 aliphatic carbocycles. The van der Waals surface area contributed by atoms with Gasteiger partial charge in [0.25, 0.3) is 0 Å². The molecular weight excluding hydrogens is 250 g/mol. The third kappa shape index (κ3) is 3.59. The Morgan fingerprint density at radius 1 is 1.47 bits per heavy atom. The van der Waals surface area contributed by atoms with Gasteiger partial charge in [0, 0.05) is 27.2 Å². The number of hydrogen-bond acceptors (Lipinski definition) is 3. The van der Waals surface area contributed by atoms with Crippen LogP contribution in [0, 0.1) is 5.92 Å². The minimum absolute atomic E-state index is 0.143. The fourth-order valence-corrected chi connectivity index (χ4v) is 2.29. The maximum atomic E-state index is 12.2. The fourth-order valence-electron chi connectivity index (χ4n) is 2.29. The second-order valence-electron chi connectivity index (χ2n) is 4.87. The molecule has 1 aliphatic heterocycles. The second kappa shape index (κ2) is 6.40. The van der Waals surface area contributed by atoms with E-state index in [4.69, 9.17) is 5.11 Å². The molecule has 7 heteroatoms. The Morgan fingerprint density at radius 2 is 2.11 bits per heavy atom. The highest BCUT2D eigenvalue weighted by Crippen LogP contribution is 2.19. The quantitative estimate of drug-likeness (QED) is 0.751. The van der Waals surface area contributed by atoms with Crippen molar-refractivity contribution in [2.75, 3.05) is 27.2 Å². The average Bonchev–Trinajstić information content (AvgIpc) is 2.85. The van der Waals surface area contributed by atoms with Gasteiger partial charge in [0.15, 0.2) is 0 Å². The van der Waals surface area contributed by atoms with Gasteiger partial charge in [0.1, 0.15) is 6.04 Å². The van der Waals surface area contributed by atoms with E-state index in [9.17, 15) is 14.4 Å². The molecule has 0 aromatic carbocycles. The van der Waals surface area contributed by atoms with Gasteiger partial charge in [0.2, 0.25) is 5.91 Å². The number of rotatable bonds is 4. The van der Waals surface area contributed by atoms with E-state index < -0.39 is 12.0 Å². The standard InChI is InChI=1S/C12H21N3O4/c1-8(10(16)13-2)7-14(3)12(19)15-6-4-5-9(15)11(17)18/h8-9H,4-7H2,1-3H3,(H,13,16)(H,17,18)/t8?,9-/m1/s1. The molecule has 3 amide bonds. The molecule has 0 saturated carbocycles. The van der Waals surface area contributed by atoms with Gasteiger partial charge in [-0.1, -0.05) is 6.92 Å². The summed E-state index contributed by atoms with van der Waals surface area (Å²) in [5.41, 5.74) is 0. The van der Waals surface area contributed by atoms with Crippen molar-refractivity contribution in [2.45, 2.75) is 25.8 Å². The number of carbonyl (C=O) groups is 3. The summed E-state index contributed by atoms with van der Waals surface area (Å²) in [6, 6.07) is -1.08. The van der Waals surface area contributed by atoms with Crippen LogP contribution >= 0.6 is 0 Å². The van der Waals surface area contributed by atoms with Crippen LogP contribution in [0.1, 0.15) is 19.8 Å². The van der Waals surface area contributed by atoms with Gasteiger partial charge in [0.05, 0.1) is 5.92 Å². The minimum Gasteiger partial charge on any atom is -0.480 e. The van der Waals surface area contributed by atoms with Crippen molar-refractivity contribution in [2.24, 2.45) is 5.92 Å². The van der Waals surface area contributed by atoms with Gasteiger partial charge in [-0.05, 0) is 12.8 Å². The molecule has 2 atom stereocenters. The summed E-state index contributed by atoms with van der Waals surface area (Å²) in [6.07, 6.45) is 1.18. The Bertz CT molecular complexity index is 372. The SMILES string of the molecule is CNC(=O)C(C)CN(C)C(=O)N1CCC[C@@H]1C(=O)O. The van der Waals surface area contributed by atoms with Crippen LogP contribution in [-0.2, 0) is 9.59 Å². The minimum atomic E-state index is -0.974. The number of hydrogen-bond donors (Lipinski definition) is 2. The number of carbonyl (C=O) groups excluding carboxylic acids is 2. The Balaban J connectivity index is 2.61. The molecule has 0 bridgehead atoms. The number of carboxylic acid groups (broad SMARTS) is 1. The van der Waals surface area contributed by atoms with Crippen molar-refractivity contribution in [3.8, 4) is 0 Å². The van der Waals surface area contributed by atoms with Gasteiger partial charge in [-0.15, -0.1) is 0 Å². The van der Waals surface area contributed by atoms with E-state index in [1.54, 1.807) is 21.0 Å². The van der Waals surface area contributed by atoms with Gasteiger partial charge >= 0.3 is 12.0 Å². The molecule has 2 N–H and O–H groups in total. The normalized spacial score (nSPS) is 19.9. The predicted octanol–water partition coefficient (Wildman–Crippen LogP) is -0.0307. The van der Waals surface area contributed by atoms with Crippen LogP contribution < -0.4 is 5.32 Å². The van der Waals surface area contributed by atoms with Gasteiger partial charge in [-0.25, -0.2) is 9.59 Å². The fraction of sp³-hybridized carbons (Fsp3) is 0.750.